The van der Waals surface area contributed by atoms with Gasteiger partial charge in [-0.1, -0.05) is 17.7 Å². The monoisotopic (exact) mass is 191 g/mol. The van der Waals surface area contributed by atoms with Gasteiger partial charge < -0.3 is 10.0 Å². The average molecular weight is 191 g/mol. The molecule has 0 aliphatic carbocycles. The number of rotatable bonds is 3. The normalized spacial score (nSPS) is 14.6. The van der Waals surface area contributed by atoms with Gasteiger partial charge in [-0.2, -0.15) is 0 Å². The molecule has 0 bridgehead atoms. The van der Waals surface area contributed by atoms with E-state index in [-0.39, 0.29) is 6.61 Å². The molecule has 0 spiro atoms. The minimum atomic E-state index is 0.289. The van der Waals surface area contributed by atoms with Crippen molar-refractivity contribution in [3.05, 3.63) is 29.3 Å². The number of aliphatic hydroxyl groups excluding tert-OH is 1. The summed E-state index contributed by atoms with van der Waals surface area (Å²) < 4.78 is 0. The zero-order valence-electron chi connectivity index (χ0n) is 8.66. The van der Waals surface area contributed by atoms with Gasteiger partial charge in [0.1, 0.15) is 0 Å². The maximum atomic E-state index is 8.79. The maximum Gasteiger partial charge on any atom is 0.0447 e. The molecule has 0 unspecified atom stereocenters. The molecule has 0 saturated carbocycles. The number of hydrogen-bond donors (Lipinski definition) is 1. The molecule has 2 nitrogen and oxygen atoms in total. The molecule has 1 aromatic rings. The minimum Gasteiger partial charge on any atom is -0.396 e. The molecule has 0 atom stereocenters. The Morgan fingerprint density at radius 3 is 3.07 bits per heavy atom. The van der Waals surface area contributed by atoms with Crippen molar-refractivity contribution in [2.45, 2.75) is 19.8 Å². The zero-order valence-corrected chi connectivity index (χ0v) is 8.66. The molecule has 0 fully saturated rings. The van der Waals surface area contributed by atoms with Crippen LogP contribution in [0.5, 0.6) is 0 Å². The molecule has 1 heterocycles. The Kier molecular flexibility index (Phi) is 2.73. The summed E-state index contributed by atoms with van der Waals surface area (Å²) in [4.78, 5) is 2.37. The highest BCUT2D eigenvalue weighted by Gasteiger charge is 2.17. The first kappa shape index (κ1) is 9.53. The number of fused-ring (bicyclic) bond motifs is 1. The highest BCUT2D eigenvalue weighted by molar-refractivity contribution is 5.58. The Balaban J connectivity index is 2.14. The molecule has 1 N–H and O–H groups in total. The Labute approximate surface area is 85.2 Å². The van der Waals surface area contributed by atoms with Crippen LogP contribution in [0.25, 0.3) is 0 Å². The first-order chi connectivity index (χ1) is 6.81. The Morgan fingerprint density at radius 2 is 2.29 bits per heavy atom. The van der Waals surface area contributed by atoms with Gasteiger partial charge in [0.15, 0.2) is 0 Å². The second kappa shape index (κ2) is 4.01. The molecule has 1 aromatic carbocycles. The van der Waals surface area contributed by atoms with Crippen LogP contribution < -0.4 is 4.90 Å². The molecule has 0 amide bonds. The quantitative estimate of drug-likeness (QED) is 0.786. The number of nitrogens with zero attached hydrogens (tertiary/aromatic N) is 1. The maximum absolute atomic E-state index is 8.79. The smallest absolute Gasteiger partial charge is 0.0447 e. The fourth-order valence-electron chi connectivity index (χ4n) is 2.09. The molecule has 1 aliphatic rings. The molecule has 0 radical (unpaired) electrons. The van der Waals surface area contributed by atoms with Gasteiger partial charge in [-0.05, 0) is 31.4 Å². The van der Waals surface area contributed by atoms with Crippen LogP contribution >= 0.6 is 0 Å². The van der Waals surface area contributed by atoms with E-state index in [1.54, 1.807) is 0 Å². The molecule has 14 heavy (non-hydrogen) atoms. The van der Waals surface area contributed by atoms with Crippen molar-refractivity contribution in [1.29, 1.82) is 0 Å². The third-order valence-corrected chi connectivity index (χ3v) is 2.81. The molecular weight excluding hydrogens is 174 g/mol. The lowest BCUT2D eigenvalue weighted by molar-refractivity contribution is 0.290. The van der Waals surface area contributed by atoms with Crippen LogP contribution in [0.4, 0.5) is 5.69 Å². The zero-order chi connectivity index (χ0) is 9.97. The summed E-state index contributed by atoms with van der Waals surface area (Å²) in [6.07, 6.45) is 2.02. The van der Waals surface area contributed by atoms with Crippen LogP contribution in [0.2, 0.25) is 0 Å². The van der Waals surface area contributed by atoms with E-state index in [2.05, 4.69) is 30.0 Å². The first-order valence-electron chi connectivity index (χ1n) is 5.26. The first-order valence-corrected chi connectivity index (χ1v) is 5.26. The highest BCUT2D eigenvalue weighted by Crippen LogP contribution is 2.28. The Bertz CT molecular complexity index is 322. The van der Waals surface area contributed by atoms with Crippen molar-refractivity contribution < 1.29 is 5.11 Å². The van der Waals surface area contributed by atoms with Gasteiger partial charge in [0.05, 0.1) is 0 Å². The van der Waals surface area contributed by atoms with E-state index >= 15 is 0 Å². The van der Waals surface area contributed by atoms with Gasteiger partial charge in [-0.15, -0.1) is 0 Å². The van der Waals surface area contributed by atoms with E-state index < -0.39 is 0 Å². The summed E-state index contributed by atoms with van der Waals surface area (Å²) in [6.45, 7) is 4.51. The largest absolute Gasteiger partial charge is 0.396 e. The van der Waals surface area contributed by atoms with Gasteiger partial charge in [0.25, 0.3) is 0 Å². The molecule has 0 aromatic heterocycles. The van der Waals surface area contributed by atoms with Crippen molar-refractivity contribution in [2.75, 3.05) is 24.6 Å². The number of hydrogen-bond acceptors (Lipinski definition) is 2. The molecule has 0 saturated heterocycles. The van der Waals surface area contributed by atoms with Crippen molar-refractivity contribution in [2.24, 2.45) is 0 Å². The number of aliphatic hydroxyl groups is 1. The predicted octanol–water partition coefficient (Wildman–Crippen LogP) is 1.74. The van der Waals surface area contributed by atoms with Gasteiger partial charge in [-0.3, -0.25) is 0 Å². The summed E-state index contributed by atoms with van der Waals surface area (Å²) in [7, 11) is 0. The molecule has 2 heteroatoms. The number of benzene rings is 1. The lowest BCUT2D eigenvalue weighted by atomic mass is 10.1. The summed E-state index contributed by atoms with van der Waals surface area (Å²) >= 11 is 0. The third kappa shape index (κ3) is 1.75. The summed E-state index contributed by atoms with van der Waals surface area (Å²) in [5.74, 6) is 0. The van der Waals surface area contributed by atoms with Crippen molar-refractivity contribution in [1.82, 2.24) is 0 Å². The van der Waals surface area contributed by atoms with Gasteiger partial charge in [0, 0.05) is 25.4 Å². The van der Waals surface area contributed by atoms with E-state index in [0.717, 1.165) is 25.9 Å². The van der Waals surface area contributed by atoms with E-state index in [0.29, 0.717) is 0 Å². The summed E-state index contributed by atoms with van der Waals surface area (Å²) in [5, 5.41) is 8.79. The second-order valence-corrected chi connectivity index (χ2v) is 3.95. The van der Waals surface area contributed by atoms with Crippen LogP contribution in [0.3, 0.4) is 0 Å². The molecule has 76 valence electrons. The minimum absolute atomic E-state index is 0.289. The Hall–Kier alpha value is -1.02. The van der Waals surface area contributed by atoms with Crippen LogP contribution in [-0.2, 0) is 6.42 Å². The van der Waals surface area contributed by atoms with E-state index in [4.69, 9.17) is 5.11 Å². The van der Waals surface area contributed by atoms with Crippen LogP contribution in [0, 0.1) is 6.92 Å². The molecule has 1 aliphatic heterocycles. The molecular formula is C12H17NO. The van der Waals surface area contributed by atoms with E-state index in [1.807, 2.05) is 0 Å². The standard InChI is InChI=1S/C12H17NO/c1-10-3-4-12-11(9-10)5-7-13(12)6-2-8-14/h3-4,9,14H,2,5-8H2,1H3. The lowest BCUT2D eigenvalue weighted by Crippen LogP contribution is -2.22. The Morgan fingerprint density at radius 1 is 1.43 bits per heavy atom. The summed E-state index contributed by atoms with van der Waals surface area (Å²) in [5.41, 5.74) is 4.17. The van der Waals surface area contributed by atoms with Crippen molar-refractivity contribution in [3.8, 4) is 0 Å². The van der Waals surface area contributed by atoms with Crippen LogP contribution in [0.15, 0.2) is 18.2 Å². The van der Waals surface area contributed by atoms with Crippen molar-refractivity contribution in [3.63, 3.8) is 0 Å². The van der Waals surface area contributed by atoms with Gasteiger partial charge in [0.2, 0.25) is 0 Å². The van der Waals surface area contributed by atoms with Crippen molar-refractivity contribution >= 4 is 5.69 Å². The number of aryl methyl sites for hydroxylation is 1. The highest BCUT2D eigenvalue weighted by atomic mass is 16.3. The fourth-order valence-corrected chi connectivity index (χ4v) is 2.09. The second-order valence-electron chi connectivity index (χ2n) is 3.95. The number of anilines is 1. The van der Waals surface area contributed by atoms with Crippen LogP contribution in [0.1, 0.15) is 17.5 Å². The topological polar surface area (TPSA) is 23.5 Å². The third-order valence-electron chi connectivity index (χ3n) is 2.81. The van der Waals surface area contributed by atoms with Gasteiger partial charge >= 0.3 is 0 Å². The van der Waals surface area contributed by atoms with E-state index in [9.17, 15) is 0 Å². The summed E-state index contributed by atoms with van der Waals surface area (Å²) in [6, 6.07) is 6.64. The lowest BCUT2D eigenvalue weighted by Gasteiger charge is -2.18. The molecule has 2 rings (SSSR count). The van der Waals surface area contributed by atoms with Crippen LogP contribution in [-0.4, -0.2) is 24.8 Å². The predicted molar refractivity (Wildman–Crippen MR) is 58.8 cm³/mol. The fraction of sp³-hybridized carbons (Fsp3) is 0.500. The van der Waals surface area contributed by atoms with E-state index in [1.165, 1.54) is 16.8 Å². The average Bonchev–Trinajstić information content (AvgIpc) is 2.57. The van der Waals surface area contributed by atoms with Gasteiger partial charge in [-0.25, -0.2) is 0 Å². The SMILES string of the molecule is Cc1ccc2c(c1)CCN2CCCO.